The van der Waals surface area contributed by atoms with Gasteiger partial charge in [0.2, 0.25) is 0 Å². The van der Waals surface area contributed by atoms with Gasteiger partial charge in [-0.25, -0.2) is 0 Å². The van der Waals surface area contributed by atoms with Crippen LogP contribution in [0.5, 0.6) is 5.75 Å². The van der Waals surface area contributed by atoms with E-state index in [-0.39, 0.29) is 6.10 Å². The summed E-state index contributed by atoms with van der Waals surface area (Å²) in [7, 11) is 0. The second-order valence-corrected chi connectivity index (χ2v) is 4.72. The summed E-state index contributed by atoms with van der Waals surface area (Å²) < 4.78 is 8.16. The Labute approximate surface area is 105 Å². The van der Waals surface area contributed by atoms with Crippen molar-refractivity contribution in [3.63, 3.8) is 0 Å². The zero-order valence-corrected chi connectivity index (χ0v) is 9.97. The number of benzene rings is 1. The maximum atomic E-state index is 5.97. The van der Waals surface area contributed by atoms with Crippen LogP contribution in [0, 0.1) is 0 Å². The van der Waals surface area contributed by atoms with Crippen molar-refractivity contribution in [2.75, 3.05) is 6.54 Å². The minimum Gasteiger partial charge on any atom is -0.482 e. The van der Waals surface area contributed by atoms with Gasteiger partial charge in [0.15, 0.2) is 11.9 Å². The van der Waals surface area contributed by atoms with Crippen molar-refractivity contribution in [3.05, 3.63) is 41.5 Å². The third kappa shape index (κ3) is 1.44. The molecule has 3 heterocycles. The van der Waals surface area contributed by atoms with Crippen molar-refractivity contribution in [3.8, 4) is 5.75 Å². The molecule has 1 aromatic heterocycles. The van der Waals surface area contributed by atoms with Crippen LogP contribution in [0.1, 0.15) is 23.3 Å². The summed E-state index contributed by atoms with van der Waals surface area (Å²) in [5, 5.41) is 11.8. The number of nitrogens with one attached hydrogen (secondary N) is 1. The summed E-state index contributed by atoms with van der Waals surface area (Å²) in [4.78, 5) is 0. The number of ether oxygens (including phenoxy) is 1. The summed E-state index contributed by atoms with van der Waals surface area (Å²) in [5.41, 5.74) is 1.26. The maximum absolute atomic E-state index is 5.97. The topological polar surface area (TPSA) is 52.0 Å². The number of rotatable bonds is 1. The number of fused-ring (bicyclic) bond motifs is 2. The van der Waals surface area contributed by atoms with Gasteiger partial charge in [-0.15, -0.1) is 10.2 Å². The van der Waals surface area contributed by atoms with Crippen LogP contribution in [-0.4, -0.2) is 21.3 Å². The summed E-state index contributed by atoms with van der Waals surface area (Å²) in [6.07, 6.45) is 0.906. The van der Waals surface area contributed by atoms with E-state index in [4.69, 9.17) is 4.74 Å². The van der Waals surface area contributed by atoms with Gasteiger partial charge < -0.3 is 14.6 Å². The second kappa shape index (κ2) is 3.81. The van der Waals surface area contributed by atoms with Crippen LogP contribution in [-0.2, 0) is 19.5 Å². The Morgan fingerprint density at radius 2 is 2.22 bits per heavy atom. The maximum Gasteiger partial charge on any atom is 0.174 e. The van der Waals surface area contributed by atoms with Crippen LogP contribution in [0.2, 0.25) is 0 Å². The number of para-hydroxylation sites is 1. The van der Waals surface area contributed by atoms with Crippen molar-refractivity contribution in [2.45, 2.75) is 25.6 Å². The summed E-state index contributed by atoms with van der Waals surface area (Å²) >= 11 is 0. The smallest absolute Gasteiger partial charge is 0.174 e. The normalized spacial score (nSPS) is 21.2. The molecule has 0 fully saturated rings. The zero-order valence-electron chi connectivity index (χ0n) is 9.97. The van der Waals surface area contributed by atoms with Crippen LogP contribution >= 0.6 is 0 Å². The van der Waals surface area contributed by atoms with Crippen molar-refractivity contribution < 1.29 is 4.74 Å². The van der Waals surface area contributed by atoms with E-state index >= 15 is 0 Å². The van der Waals surface area contributed by atoms with Gasteiger partial charge in [-0.05, 0) is 11.6 Å². The van der Waals surface area contributed by atoms with E-state index < -0.39 is 0 Å². The van der Waals surface area contributed by atoms with Gasteiger partial charge in [-0.2, -0.15) is 0 Å². The van der Waals surface area contributed by atoms with E-state index in [1.807, 2.05) is 18.2 Å². The van der Waals surface area contributed by atoms with E-state index in [0.29, 0.717) is 0 Å². The summed E-state index contributed by atoms with van der Waals surface area (Å²) in [5.74, 6) is 2.95. The van der Waals surface area contributed by atoms with E-state index in [2.05, 4.69) is 26.1 Å². The van der Waals surface area contributed by atoms with Gasteiger partial charge in [0.25, 0.3) is 0 Å². The monoisotopic (exact) mass is 242 g/mol. The van der Waals surface area contributed by atoms with Crippen LogP contribution in [0.25, 0.3) is 0 Å². The van der Waals surface area contributed by atoms with Gasteiger partial charge in [0.1, 0.15) is 11.6 Å². The molecule has 1 unspecified atom stereocenters. The molecular weight excluding hydrogens is 228 g/mol. The molecule has 1 aromatic carbocycles. The molecule has 5 heteroatoms. The fourth-order valence-electron chi connectivity index (χ4n) is 2.68. The third-order valence-electron chi connectivity index (χ3n) is 3.59. The lowest BCUT2D eigenvalue weighted by atomic mass is 10.1. The standard InChI is InChI=1S/C13H14N4O/c1-2-4-10-9(3-1)7-11(18-10)13-16-15-12-8-14-5-6-17(12)13/h1-4,11,14H,5-8H2. The lowest BCUT2D eigenvalue weighted by molar-refractivity contribution is 0.219. The summed E-state index contributed by atoms with van der Waals surface area (Å²) in [6, 6.07) is 8.19. The number of aromatic nitrogens is 3. The van der Waals surface area contributed by atoms with Crippen molar-refractivity contribution >= 4 is 0 Å². The van der Waals surface area contributed by atoms with Gasteiger partial charge in [0, 0.05) is 19.5 Å². The van der Waals surface area contributed by atoms with Crippen LogP contribution in [0.4, 0.5) is 0 Å². The Bertz CT molecular complexity index is 567. The lowest BCUT2D eigenvalue weighted by Gasteiger charge is -2.18. The average molecular weight is 242 g/mol. The molecule has 4 rings (SSSR count). The number of hydrogen-bond donors (Lipinski definition) is 1. The molecule has 0 saturated heterocycles. The molecular formula is C13H14N4O. The van der Waals surface area contributed by atoms with E-state index in [1.54, 1.807) is 0 Å². The third-order valence-corrected chi connectivity index (χ3v) is 3.59. The van der Waals surface area contributed by atoms with Crippen LogP contribution in [0.3, 0.4) is 0 Å². The zero-order chi connectivity index (χ0) is 11.9. The SMILES string of the molecule is c1ccc2c(c1)CC(c1nnc3n1CCNC3)O2. The molecule has 2 aromatic rings. The molecule has 2 aliphatic heterocycles. The van der Waals surface area contributed by atoms with Gasteiger partial charge in [-0.3, -0.25) is 0 Å². The molecule has 0 spiro atoms. The van der Waals surface area contributed by atoms with Gasteiger partial charge in [-0.1, -0.05) is 18.2 Å². The molecule has 1 N–H and O–H groups in total. The molecule has 0 amide bonds. The predicted octanol–water partition coefficient (Wildman–Crippen LogP) is 1.06. The van der Waals surface area contributed by atoms with Crippen LogP contribution in [0.15, 0.2) is 24.3 Å². The number of nitrogens with zero attached hydrogens (tertiary/aromatic N) is 3. The Morgan fingerprint density at radius 3 is 3.17 bits per heavy atom. The summed E-state index contributed by atoms with van der Waals surface area (Å²) in [6.45, 7) is 2.69. The highest BCUT2D eigenvalue weighted by Gasteiger charge is 2.30. The molecule has 18 heavy (non-hydrogen) atoms. The first-order valence-electron chi connectivity index (χ1n) is 6.29. The Morgan fingerprint density at radius 1 is 1.28 bits per heavy atom. The van der Waals surface area contributed by atoms with Crippen molar-refractivity contribution in [1.29, 1.82) is 0 Å². The average Bonchev–Trinajstić information content (AvgIpc) is 3.02. The quantitative estimate of drug-likeness (QED) is 0.812. The molecule has 2 aliphatic rings. The van der Waals surface area contributed by atoms with Crippen molar-refractivity contribution in [2.24, 2.45) is 0 Å². The fourth-order valence-corrected chi connectivity index (χ4v) is 2.68. The molecule has 0 bridgehead atoms. The first-order chi connectivity index (χ1) is 8.92. The Kier molecular flexibility index (Phi) is 2.14. The van der Waals surface area contributed by atoms with Crippen LogP contribution < -0.4 is 10.1 Å². The van der Waals surface area contributed by atoms with Gasteiger partial charge in [0.05, 0.1) is 6.54 Å². The molecule has 92 valence electrons. The lowest BCUT2D eigenvalue weighted by Crippen LogP contribution is -2.30. The van der Waals surface area contributed by atoms with E-state index in [0.717, 1.165) is 43.5 Å². The second-order valence-electron chi connectivity index (χ2n) is 4.72. The van der Waals surface area contributed by atoms with E-state index in [9.17, 15) is 0 Å². The van der Waals surface area contributed by atoms with E-state index in [1.165, 1.54) is 5.56 Å². The Balaban J connectivity index is 1.68. The largest absolute Gasteiger partial charge is 0.482 e. The van der Waals surface area contributed by atoms with Gasteiger partial charge >= 0.3 is 0 Å². The first-order valence-corrected chi connectivity index (χ1v) is 6.29. The molecule has 0 aliphatic carbocycles. The minimum absolute atomic E-state index is 0.0155. The Hall–Kier alpha value is -1.88. The minimum atomic E-state index is 0.0155. The fraction of sp³-hybridized carbons (Fsp3) is 0.385. The van der Waals surface area contributed by atoms with Crippen molar-refractivity contribution in [1.82, 2.24) is 20.1 Å². The predicted molar refractivity (Wildman–Crippen MR) is 65.2 cm³/mol. The highest BCUT2D eigenvalue weighted by molar-refractivity contribution is 5.38. The highest BCUT2D eigenvalue weighted by atomic mass is 16.5. The molecule has 1 atom stereocenters. The molecule has 0 radical (unpaired) electrons. The molecule has 5 nitrogen and oxygen atoms in total. The first kappa shape index (κ1) is 10.1. The number of hydrogen-bond acceptors (Lipinski definition) is 4. The molecule has 0 saturated carbocycles. The highest BCUT2D eigenvalue weighted by Crippen LogP contribution is 2.35.